The predicted octanol–water partition coefficient (Wildman–Crippen LogP) is 4.66. The van der Waals surface area contributed by atoms with E-state index in [0.29, 0.717) is 32.8 Å². The zero-order valence-corrected chi connectivity index (χ0v) is 14.1. The zero-order chi connectivity index (χ0) is 16.8. The van der Waals surface area contributed by atoms with Gasteiger partial charge < -0.3 is 14.8 Å². The van der Waals surface area contributed by atoms with E-state index in [1.165, 1.54) is 6.08 Å². The third-order valence-electron chi connectivity index (χ3n) is 3.05. The monoisotopic (exact) mass is 351 g/mol. The SMILES string of the molecule is COc1cccc(OC)c1C=CC(=O)Nc1cc(Cl)ccc1Cl. The van der Waals surface area contributed by atoms with E-state index < -0.39 is 0 Å². The summed E-state index contributed by atoms with van der Waals surface area (Å²) < 4.78 is 10.5. The van der Waals surface area contributed by atoms with Crippen molar-refractivity contribution in [1.82, 2.24) is 0 Å². The summed E-state index contributed by atoms with van der Waals surface area (Å²) in [6.45, 7) is 0. The van der Waals surface area contributed by atoms with Crippen LogP contribution in [0.1, 0.15) is 5.56 Å². The minimum atomic E-state index is -0.345. The first kappa shape index (κ1) is 17.2. The molecule has 0 spiro atoms. The molecule has 0 radical (unpaired) electrons. The summed E-state index contributed by atoms with van der Waals surface area (Å²) in [4.78, 5) is 12.1. The van der Waals surface area contributed by atoms with Gasteiger partial charge in [-0.25, -0.2) is 0 Å². The topological polar surface area (TPSA) is 47.6 Å². The van der Waals surface area contributed by atoms with E-state index in [1.54, 1.807) is 56.7 Å². The lowest BCUT2D eigenvalue weighted by Gasteiger charge is -2.09. The molecular weight excluding hydrogens is 337 g/mol. The van der Waals surface area contributed by atoms with Crippen molar-refractivity contribution in [2.45, 2.75) is 0 Å². The average molecular weight is 352 g/mol. The number of benzene rings is 2. The van der Waals surface area contributed by atoms with Crippen molar-refractivity contribution >= 4 is 40.9 Å². The van der Waals surface area contributed by atoms with Crippen molar-refractivity contribution in [2.24, 2.45) is 0 Å². The second-order valence-corrected chi connectivity index (χ2v) is 5.37. The van der Waals surface area contributed by atoms with E-state index in [1.807, 2.05) is 0 Å². The summed E-state index contributed by atoms with van der Waals surface area (Å²) in [5, 5.41) is 3.57. The number of nitrogens with one attached hydrogen (secondary N) is 1. The molecular formula is C17H15Cl2NO3. The minimum absolute atomic E-state index is 0.345. The Morgan fingerprint density at radius 2 is 1.74 bits per heavy atom. The van der Waals surface area contributed by atoms with Gasteiger partial charge >= 0.3 is 0 Å². The summed E-state index contributed by atoms with van der Waals surface area (Å²) in [5.74, 6) is 0.866. The first-order chi connectivity index (χ1) is 11.0. The van der Waals surface area contributed by atoms with Gasteiger partial charge in [0.25, 0.3) is 0 Å². The Morgan fingerprint density at radius 1 is 1.09 bits per heavy atom. The van der Waals surface area contributed by atoms with Gasteiger partial charge in [0.1, 0.15) is 11.5 Å². The van der Waals surface area contributed by atoms with Crippen LogP contribution in [0.15, 0.2) is 42.5 Å². The molecule has 0 heterocycles. The van der Waals surface area contributed by atoms with Gasteiger partial charge in [0.05, 0.1) is 30.5 Å². The van der Waals surface area contributed by atoms with Gasteiger partial charge in [-0.2, -0.15) is 0 Å². The molecule has 4 nitrogen and oxygen atoms in total. The lowest BCUT2D eigenvalue weighted by atomic mass is 10.1. The Labute approximate surface area is 144 Å². The van der Waals surface area contributed by atoms with E-state index in [-0.39, 0.29) is 5.91 Å². The van der Waals surface area contributed by atoms with Crippen molar-refractivity contribution in [2.75, 3.05) is 19.5 Å². The van der Waals surface area contributed by atoms with E-state index in [2.05, 4.69) is 5.32 Å². The Kier molecular flexibility index (Phi) is 5.90. The fraction of sp³-hybridized carbons (Fsp3) is 0.118. The third-order valence-corrected chi connectivity index (χ3v) is 3.62. The zero-order valence-electron chi connectivity index (χ0n) is 12.6. The average Bonchev–Trinajstić information content (AvgIpc) is 2.55. The number of amides is 1. The first-order valence-corrected chi connectivity index (χ1v) is 7.46. The molecule has 1 amide bonds. The maximum atomic E-state index is 12.1. The van der Waals surface area contributed by atoms with Crippen LogP contribution in [0.4, 0.5) is 5.69 Å². The van der Waals surface area contributed by atoms with Gasteiger partial charge in [-0.05, 0) is 36.4 Å². The van der Waals surface area contributed by atoms with Crippen LogP contribution in [0.25, 0.3) is 6.08 Å². The quantitative estimate of drug-likeness (QED) is 0.796. The number of methoxy groups -OCH3 is 2. The maximum absolute atomic E-state index is 12.1. The molecule has 0 atom stereocenters. The highest BCUT2D eigenvalue weighted by Crippen LogP contribution is 2.30. The normalized spacial score (nSPS) is 10.6. The Hall–Kier alpha value is -2.17. The minimum Gasteiger partial charge on any atom is -0.496 e. The van der Waals surface area contributed by atoms with E-state index in [4.69, 9.17) is 32.7 Å². The van der Waals surface area contributed by atoms with Crippen molar-refractivity contribution in [1.29, 1.82) is 0 Å². The number of hydrogen-bond acceptors (Lipinski definition) is 3. The fourth-order valence-corrected chi connectivity index (χ4v) is 2.31. The number of carbonyl (C=O) groups excluding carboxylic acids is 1. The number of anilines is 1. The molecule has 0 aliphatic carbocycles. The Balaban J connectivity index is 2.20. The summed E-state index contributed by atoms with van der Waals surface area (Å²) in [7, 11) is 3.11. The highest BCUT2D eigenvalue weighted by Gasteiger charge is 2.08. The number of halogens is 2. The second kappa shape index (κ2) is 7.90. The molecule has 2 aromatic carbocycles. The van der Waals surface area contributed by atoms with Gasteiger partial charge in [0.2, 0.25) is 5.91 Å². The van der Waals surface area contributed by atoms with Gasteiger partial charge in [0.15, 0.2) is 0 Å². The summed E-state index contributed by atoms with van der Waals surface area (Å²) in [6.07, 6.45) is 2.99. The maximum Gasteiger partial charge on any atom is 0.248 e. The van der Waals surface area contributed by atoms with Crippen LogP contribution in [-0.2, 0) is 4.79 Å². The molecule has 120 valence electrons. The van der Waals surface area contributed by atoms with Crippen LogP contribution in [-0.4, -0.2) is 20.1 Å². The highest BCUT2D eigenvalue weighted by atomic mass is 35.5. The summed E-state index contributed by atoms with van der Waals surface area (Å²) in [6, 6.07) is 10.2. The van der Waals surface area contributed by atoms with Crippen LogP contribution < -0.4 is 14.8 Å². The predicted molar refractivity (Wildman–Crippen MR) is 93.7 cm³/mol. The molecule has 0 aromatic heterocycles. The molecule has 0 fully saturated rings. The van der Waals surface area contributed by atoms with Crippen LogP contribution >= 0.6 is 23.2 Å². The van der Waals surface area contributed by atoms with Crippen LogP contribution in [0.3, 0.4) is 0 Å². The standard InChI is InChI=1S/C17H15Cl2NO3/c1-22-15-4-3-5-16(23-2)12(15)7-9-17(21)20-14-10-11(18)6-8-13(14)19/h3-10H,1-2H3,(H,20,21). The Bertz CT molecular complexity index is 722. The molecule has 0 aliphatic rings. The van der Waals surface area contributed by atoms with Gasteiger partial charge in [-0.1, -0.05) is 29.3 Å². The highest BCUT2D eigenvalue weighted by molar-refractivity contribution is 6.35. The number of hydrogen-bond donors (Lipinski definition) is 1. The number of rotatable bonds is 5. The lowest BCUT2D eigenvalue weighted by molar-refractivity contribution is -0.111. The molecule has 2 aromatic rings. The third kappa shape index (κ3) is 4.41. The largest absolute Gasteiger partial charge is 0.496 e. The van der Waals surface area contributed by atoms with Gasteiger partial charge in [-0.3, -0.25) is 4.79 Å². The number of carbonyl (C=O) groups is 1. The lowest BCUT2D eigenvalue weighted by Crippen LogP contribution is -2.08. The summed E-state index contributed by atoms with van der Waals surface area (Å²) >= 11 is 11.9. The molecule has 1 N–H and O–H groups in total. The van der Waals surface area contributed by atoms with E-state index >= 15 is 0 Å². The summed E-state index contributed by atoms with van der Waals surface area (Å²) in [5.41, 5.74) is 1.12. The van der Waals surface area contributed by atoms with Crippen molar-refractivity contribution in [3.05, 3.63) is 58.1 Å². The molecule has 0 unspecified atom stereocenters. The van der Waals surface area contributed by atoms with Crippen molar-refractivity contribution < 1.29 is 14.3 Å². The first-order valence-electron chi connectivity index (χ1n) is 6.70. The molecule has 2 rings (SSSR count). The van der Waals surface area contributed by atoms with Crippen molar-refractivity contribution in [3.8, 4) is 11.5 Å². The van der Waals surface area contributed by atoms with Gasteiger partial charge in [0, 0.05) is 11.1 Å². The smallest absolute Gasteiger partial charge is 0.248 e. The molecule has 0 saturated carbocycles. The van der Waals surface area contributed by atoms with Crippen LogP contribution in [0.2, 0.25) is 10.0 Å². The molecule has 0 bridgehead atoms. The van der Waals surface area contributed by atoms with E-state index in [9.17, 15) is 4.79 Å². The second-order valence-electron chi connectivity index (χ2n) is 4.52. The van der Waals surface area contributed by atoms with Crippen LogP contribution in [0.5, 0.6) is 11.5 Å². The molecule has 0 saturated heterocycles. The molecule has 6 heteroatoms. The van der Waals surface area contributed by atoms with Crippen LogP contribution in [0, 0.1) is 0 Å². The van der Waals surface area contributed by atoms with E-state index in [0.717, 1.165) is 0 Å². The van der Waals surface area contributed by atoms with Crippen molar-refractivity contribution in [3.63, 3.8) is 0 Å². The Morgan fingerprint density at radius 3 is 2.35 bits per heavy atom. The molecule has 23 heavy (non-hydrogen) atoms. The number of ether oxygens (including phenoxy) is 2. The van der Waals surface area contributed by atoms with Gasteiger partial charge in [-0.15, -0.1) is 0 Å². The molecule has 0 aliphatic heterocycles. The fourth-order valence-electron chi connectivity index (χ4n) is 1.97.